The number of aromatic carboxylic acids is 1. The number of benzene rings is 1. The minimum Gasteiger partial charge on any atom is -0.478 e. The van der Waals surface area contributed by atoms with Crippen LogP contribution in [0.3, 0.4) is 0 Å². The van der Waals surface area contributed by atoms with E-state index in [1.165, 1.54) is 11.0 Å². The number of rotatable bonds is 2. The van der Waals surface area contributed by atoms with E-state index in [1.54, 1.807) is 26.2 Å². The van der Waals surface area contributed by atoms with Crippen molar-refractivity contribution in [2.24, 2.45) is 0 Å². The molecule has 0 radical (unpaired) electrons. The molecule has 86 valence electrons. The van der Waals surface area contributed by atoms with Gasteiger partial charge in [-0.25, -0.2) is 9.59 Å². The number of hydrogen-bond donors (Lipinski definition) is 2. The molecule has 0 atom stereocenters. The Morgan fingerprint density at radius 3 is 2.50 bits per heavy atom. The van der Waals surface area contributed by atoms with Crippen molar-refractivity contribution in [3.63, 3.8) is 0 Å². The maximum Gasteiger partial charge on any atom is 0.337 e. The Bertz CT molecular complexity index is 432. The van der Waals surface area contributed by atoms with E-state index in [0.717, 1.165) is 0 Å². The largest absolute Gasteiger partial charge is 0.478 e. The van der Waals surface area contributed by atoms with Crippen LogP contribution in [0.1, 0.15) is 10.4 Å². The number of hydrogen-bond acceptors (Lipinski definition) is 2. The number of carboxylic acids is 1. The molecule has 2 amide bonds. The predicted molar refractivity (Wildman–Crippen MR) is 63.8 cm³/mol. The second kappa shape index (κ2) is 4.98. The summed E-state index contributed by atoms with van der Waals surface area (Å²) in [4.78, 5) is 23.6. The van der Waals surface area contributed by atoms with Crippen LogP contribution in [0, 0.1) is 0 Å². The highest BCUT2D eigenvalue weighted by Crippen LogP contribution is 2.21. The minimum atomic E-state index is -1.08. The summed E-state index contributed by atoms with van der Waals surface area (Å²) in [5, 5.41) is 11.4. The molecule has 0 aliphatic rings. The normalized spacial score (nSPS) is 9.69. The highest BCUT2D eigenvalue weighted by atomic mass is 79.9. The van der Waals surface area contributed by atoms with E-state index < -0.39 is 5.97 Å². The molecule has 0 fully saturated rings. The third-order valence-electron chi connectivity index (χ3n) is 1.86. The molecule has 1 rings (SSSR count). The van der Waals surface area contributed by atoms with Crippen molar-refractivity contribution >= 4 is 33.6 Å². The highest BCUT2D eigenvalue weighted by molar-refractivity contribution is 9.10. The van der Waals surface area contributed by atoms with Gasteiger partial charge >= 0.3 is 12.0 Å². The average molecular weight is 287 g/mol. The number of anilines is 1. The van der Waals surface area contributed by atoms with Gasteiger partial charge in [-0.15, -0.1) is 0 Å². The molecule has 0 unspecified atom stereocenters. The summed E-state index contributed by atoms with van der Waals surface area (Å²) < 4.78 is 0.701. The van der Waals surface area contributed by atoms with E-state index in [2.05, 4.69) is 21.2 Å². The molecule has 0 saturated carbocycles. The van der Waals surface area contributed by atoms with Gasteiger partial charge in [-0.1, -0.05) is 15.9 Å². The molecule has 16 heavy (non-hydrogen) atoms. The molecule has 5 nitrogen and oxygen atoms in total. The van der Waals surface area contributed by atoms with Crippen molar-refractivity contribution in [3.8, 4) is 0 Å². The van der Waals surface area contributed by atoms with Gasteiger partial charge in [0, 0.05) is 18.6 Å². The highest BCUT2D eigenvalue weighted by Gasteiger charge is 2.13. The molecule has 0 spiro atoms. The van der Waals surface area contributed by atoms with E-state index in [-0.39, 0.29) is 17.3 Å². The first kappa shape index (κ1) is 12.5. The molecule has 1 aromatic carbocycles. The summed E-state index contributed by atoms with van der Waals surface area (Å²) in [7, 11) is 3.15. The fraction of sp³-hybridized carbons (Fsp3) is 0.200. The Kier molecular flexibility index (Phi) is 3.89. The summed E-state index contributed by atoms with van der Waals surface area (Å²) >= 11 is 3.21. The number of urea groups is 1. The SMILES string of the molecule is CN(C)C(=O)Nc1cc(Br)ccc1C(=O)O. The van der Waals surface area contributed by atoms with Crippen LogP contribution < -0.4 is 5.32 Å². The lowest BCUT2D eigenvalue weighted by molar-refractivity contribution is 0.0698. The number of halogens is 1. The van der Waals surface area contributed by atoms with E-state index >= 15 is 0 Å². The number of nitrogens with zero attached hydrogens (tertiary/aromatic N) is 1. The van der Waals surface area contributed by atoms with Gasteiger partial charge < -0.3 is 15.3 Å². The minimum absolute atomic E-state index is 0.0541. The van der Waals surface area contributed by atoms with Crippen LogP contribution in [0.2, 0.25) is 0 Å². The lowest BCUT2D eigenvalue weighted by Gasteiger charge is -2.13. The van der Waals surface area contributed by atoms with E-state index in [0.29, 0.717) is 4.47 Å². The third kappa shape index (κ3) is 2.96. The van der Waals surface area contributed by atoms with Crippen LogP contribution in [0.5, 0.6) is 0 Å². The molecule has 0 saturated heterocycles. The van der Waals surface area contributed by atoms with Crippen molar-refractivity contribution < 1.29 is 14.7 Å². The molecule has 0 bridgehead atoms. The van der Waals surface area contributed by atoms with Crippen LogP contribution in [0.4, 0.5) is 10.5 Å². The van der Waals surface area contributed by atoms with Gasteiger partial charge in [0.15, 0.2) is 0 Å². The van der Waals surface area contributed by atoms with Crippen LogP contribution >= 0.6 is 15.9 Å². The third-order valence-corrected chi connectivity index (χ3v) is 2.35. The maximum atomic E-state index is 11.4. The first-order valence-electron chi connectivity index (χ1n) is 4.43. The van der Waals surface area contributed by atoms with Gasteiger partial charge in [-0.2, -0.15) is 0 Å². The Labute approximate surface area is 101 Å². The van der Waals surface area contributed by atoms with Crippen LogP contribution in [-0.2, 0) is 0 Å². The van der Waals surface area contributed by atoms with Crippen molar-refractivity contribution in [3.05, 3.63) is 28.2 Å². The van der Waals surface area contributed by atoms with Gasteiger partial charge in [0.1, 0.15) is 0 Å². The smallest absolute Gasteiger partial charge is 0.337 e. The lowest BCUT2D eigenvalue weighted by atomic mass is 10.2. The Morgan fingerprint density at radius 1 is 1.38 bits per heavy atom. The quantitative estimate of drug-likeness (QED) is 0.876. The van der Waals surface area contributed by atoms with Crippen molar-refractivity contribution in [1.29, 1.82) is 0 Å². The summed E-state index contributed by atoms with van der Waals surface area (Å²) in [5.74, 6) is -1.08. The molecular formula is C10H11BrN2O3. The number of amides is 2. The topological polar surface area (TPSA) is 69.6 Å². The van der Waals surface area contributed by atoms with Crippen LogP contribution in [-0.4, -0.2) is 36.1 Å². The second-order valence-corrected chi connectivity index (χ2v) is 4.24. The zero-order valence-corrected chi connectivity index (χ0v) is 10.4. The summed E-state index contributed by atoms with van der Waals surface area (Å²) in [6.45, 7) is 0. The first-order valence-corrected chi connectivity index (χ1v) is 5.22. The molecule has 0 aromatic heterocycles. The number of carbonyl (C=O) groups excluding carboxylic acids is 1. The van der Waals surface area contributed by atoms with E-state index in [1.807, 2.05) is 0 Å². The molecular weight excluding hydrogens is 276 g/mol. The maximum absolute atomic E-state index is 11.4. The second-order valence-electron chi connectivity index (χ2n) is 3.32. The van der Waals surface area contributed by atoms with Gasteiger partial charge in [-0.3, -0.25) is 0 Å². The van der Waals surface area contributed by atoms with Crippen molar-refractivity contribution in [2.45, 2.75) is 0 Å². The molecule has 2 N–H and O–H groups in total. The van der Waals surface area contributed by atoms with Crippen molar-refractivity contribution in [2.75, 3.05) is 19.4 Å². The average Bonchev–Trinajstić information content (AvgIpc) is 2.16. The standard InChI is InChI=1S/C10H11BrN2O3/c1-13(2)10(16)12-8-5-6(11)3-4-7(8)9(14)15/h3-5H,1-2H3,(H,12,16)(H,14,15). The van der Waals surface area contributed by atoms with E-state index in [9.17, 15) is 9.59 Å². The summed E-state index contributed by atoms with van der Waals surface area (Å²) in [6, 6.07) is 4.21. The molecule has 6 heteroatoms. The molecule has 0 heterocycles. The molecule has 0 aliphatic carbocycles. The van der Waals surface area contributed by atoms with Gasteiger partial charge in [-0.05, 0) is 18.2 Å². The molecule has 1 aromatic rings. The van der Waals surface area contributed by atoms with E-state index in [4.69, 9.17) is 5.11 Å². The fourth-order valence-corrected chi connectivity index (χ4v) is 1.39. The molecule has 0 aliphatic heterocycles. The number of carboxylic acid groups (broad SMARTS) is 1. The fourth-order valence-electron chi connectivity index (χ4n) is 1.03. The zero-order valence-electron chi connectivity index (χ0n) is 8.82. The lowest BCUT2D eigenvalue weighted by Crippen LogP contribution is -2.28. The van der Waals surface area contributed by atoms with Crippen molar-refractivity contribution in [1.82, 2.24) is 4.90 Å². The van der Waals surface area contributed by atoms with Gasteiger partial charge in [0.05, 0.1) is 11.3 Å². The first-order chi connectivity index (χ1) is 7.41. The number of nitrogens with one attached hydrogen (secondary N) is 1. The summed E-state index contributed by atoms with van der Waals surface area (Å²) in [5.41, 5.74) is 0.318. The number of carbonyl (C=O) groups is 2. The van der Waals surface area contributed by atoms with Gasteiger partial charge in [0.2, 0.25) is 0 Å². The van der Waals surface area contributed by atoms with Gasteiger partial charge in [0.25, 0.3) is 0 Å². The zero-order chi connectivity index (χ0) is 12.3. The summed E-state index contributed by atoms with van der Waals surface area (Å²) in [6.07, 6.45) is 0. The van der Waals surface area contributed by atoms with Crippen LogP contribution in [0.25, 0.3) is 0 Å². The monoisotopic (exact) mass is 286 g/mol. The Morgan fingerprint density at radius 2 is 2.00 bits per heavy atom. The van der Waals surface area contributed by atoms with Crippen LogP contribution in [0.15, 0.2) is 22.7 Å². The Balaban J connectivity index is 3.06. The predicted octanol–water partition coefficient (Wildman–Crippen LogP) is 2.24. The Hall–Kier alpha value is -1.56.